The zero-order valence-corrected chi connectivity index (χ0v) is 13.9. The van der Waals surface area contributed by atoms with E-state index in [-0.39, 0.29) is 0 Å². The van der Waals surface area contributed by atoms with Crippen LogP contribution in [0.3, 0.4) is 0 Å². The Morgan fingerprint density at radius 2 is 1.75 bits per heavy atom. The summed E-state index contributed by atoms with van der Waals surface area (Å²) in [4.78, 5) is 8.60. The summed E-state index contributed by atoms with van der Waals surface area (Å²) in [6.07, 6.45) is 5.33. The molecule has 0 unspecified atom stereocenters. The van der Waals surface area contributed by atoms with Crippen LogP contribution < -0.4 is 9.47 Å². The maximum Gasteiger partial charge on any atom is 0.257 e. The van der Waals surface area contributed by atoms with Gasteiger partial charge in [-0.2, -0.15) is 0 Å². The van der Waals surface area contributed by atoms with Gasteiger partial charge in [-0.25, -0.2) is 4.98 Å². The number of ether oxygens (including phenoxy) is 2. The predicted molar refractivity (Wildman–Crippen MR) is 93.6 cm³/mol. The molecule has 0 saturated carbocycles. The van der Waals surface area contributed by atoms with Gasteiger partial charge in [-0.1, -0.05) is 23.7 Å². The molecule has 3 aromatic rings. The molecule has 1 aliphatic heterocycles. The number of aromatic nitrogens is 2. The lowest BCUT2D eigenvalue weighted by Crippen LogP contribution is -2.16. The van der Waals surface area contributed by atoms with E-state index in [0.717, 1.165) is 27.8 Å². The Labute approximate surface area is 145 Å². The zero-order valence-electron chi connectivity index (χ0n) is 13.1. The molecule has 2 aromatic heterocycles. The molecule has 0 atom stereocenters. The molecule has 3 heterocycles. The fraction of sp³-hybridized carbons (Fsp3) is 0.158. The summed E-state index contributed by atoms with van der Waals surface area (Å²) in [5, 5.41) is 0.713. The van der Waals surface area contributed by atoms with E-state index in [0.29, 0.717) is 29.9 Å². The Morgan fingerprint density at radius 3 is 2.58 bits per heavy atom. The number of halogens is 1. The van der Waals surface area contributed by atoms with Gasteiger partial charge in [0.15, 0.2) is 5.75 Å². The lowest BCUT2D eigenvalue weighted by atomic mass is 10.0. The lowest BCUT2D eigenvalue weighted by Gasteiger charge is -2.20. The van der Waals surface area contributed by atoms with Gasteiger partial charge >= 0.3 is 0 Å². The Balaban J connectivity index is 1.81. The fourth-order valence-electron chi connectivity index (χ4n) is 2.77. The van der Waals surface area contributed by atoms with Crippen LogP contribution in [0.4, 0.5) is 0 Å². The van der Waals surface area contributed by atoms with Crippen molar-refractivity contribution in [1.29, 1.82) is 0 Å². The normalized spacial score (nSPS) is 12.9. The molecule has 0 aliphatic carbocycles. The minimum atomic E-state index is 0.515. The second kappa shape index (κ2) is 6.13. The van der Waals surface area contributed by atoms with Crippen LogP contribution in [0.5, 0.6) is 11.6 Å². The van der Waals surface area contributed by atoms with E-state index in [9.17, 15) is 0 Å². The van der Waals surface area contributed by atoms with E-state index in [2.05, 4.69) is 16.0 Å². The highest BCUT2D eigenvalue weighted by Crippen LogP contribution is 2.39. The van der Waals surface area contributed by atoms with Crippen LogP contribution in [0.25, 0.3) is 22.3 Å². The maximum atomic E-state index is 6.40. The molecule has 1 aromatic carbocycles. The number of nitrogens with zero attached hydrogens (tertiary/aromatic N) is 2. The average molecular weight is 339 g/mol. The van der Waals surface area contributed by atoms with Gasteiger partial charge < -0.3 is 9.47 Å². The summed E-state index contributed by atoms with van der Waals surface area (Å²) in [5.74, 6) is 1.19. The van der Waals surface area contributed by atoms with Crippen LogP contribution in [-0.4, -0.2) is 23.2 Å². The van der Waals surface area contributed by atoms with E-state index in [4.69, 9.17) is 21.1 Å². The number of hydrogen-bond acceptors (Lipinski definition) is 4. The van der Waals surface area contributed by atoms with Crippen LogP contribution in [0, 0.1) is 6.92 Å². The first-order valence-corrected chi connectivity index (χ1v) is 8.07. The van der Waals surface area contributed by atoms with Gasteiger partial charge in [0.25, 0.3) is 5.88 Å². The van der Waals surface area contributed by atoms with Crippen LogP contribution in [0.15, 0.2) is 48.9 Å². The van der Waals surface area contributed by atoms with Gasteiger partial charge in [-0.3, -0.25) is 4.98 Å². The van der Waals surface area contributed by atoms with Crippen molar-refractivity contribution in [3.05, 3.63) is 59.5 Å². The third-order valence-electron chi connectivity index (χ3n) is 3.93. The highest BCUT2D eigenvalue weighted by atomic mass is 35.5. The molecular formula is C19H15ClN2O2. The maximum absolute atomic E-state index is 6.40. The largest absolute Gasteiger partial charge is 0.484 e. The molecule has 0 spiro atoms. The van der Waals surface area contributed by atoms with Crippen LogP contribution >= 0.6 is 11.6 Å². The number of fused-ring (bicyclic) bond motifs is 1. The standard InChI is InChI=1S/C19H15ClN2O2/c1-12-2-3-15(17(20)8-12)13-9-14(11-21-10-13)16-4-5-22-19-18(16)23-6-7-24-19/h2-5,8-11H,6-7H2,1H3. The second-order valence-electron chi connectivity index (χ2n) is 5.64. The topological polar surface area (TPSA) is 44.2 Å². The van der Waals surface area contributed by atoms with Gasteiger partial charge in [0, 0.05) is 45.9 Å². The lowest BCUT2D eigenvalue weighted by molar-refractivity contribution is 0.165. The summed E-state index contributed by atoms with van der Waals surface area (Å²) in [6, 6.07) is 9.97. The molecule has 24 heavy (non-hydrogen) atoms. The Kier molecular flexibility index (Phi) is 3.82. The monoisotopic (exact) mass is 338 g/mol. The molecule has 120 valence electrons. The molecule has 0 fully saturated rings. The van der Waals surface area contributed by atoms with Crippen molar-refractivity contribution < 1.29 is 9.47 Å². The highest BCUT2D eigenvalue weighted by molar-refractivity contribution is 6.33. The molecule has 5 heteroatoms. The molecule has 1 aliphatic rings. The smallest absolute Gasteiger partial charge is 0.257 e. The summed E-state index contributed by atoms with van der Waals surface area (Å²) < 4.78 is 11.3. The number of benzene rings is 1. The van der Waals surface area contributed by atoms with Crippen LogP contribution in [-0.2, 0) is 0 Å². The summed E-state index contributed by atoms with van der Waals surface area (Å²) in [7, 11) is 0. The minimum Gasteiger partial charge on any atom is -0.484 e. The van der Waals surface area contributed by atoms with E-state index < -0.39 is 0 Å². The van der Waals surface area contributed by atoms with E-state index in [1.54, 1.807) is 12.4 Å². The molecular weight excluding hydrogens is 324 g/mol. The molecule has 0 amide bonds. The van der Waals surface area contributed by atoms with Crippen LogP contribution in [0.2, 0.25) is 5.02 Å². The third kappa shape index (κ3) is 2.69. The van der Waals surface area contributed by atoms with Gasteiger partial charge in [-0.15, -0.1) is 0 Å². The first kappa shape index (κ1) is 15.0. The summed E-state index contributed by atoms with van der Waals surface area (Å²) in [6.45, 7) is 3.05. The number of aryl methyl sites for hydroxylation is 1. The van der Waals surface area contributed by atoms with Crippen molar-refractivity contribution in [3.63, 3.8) is 0 Å². The Hall–Kier alpha value is -2.59. The van der Waals surface area contributed by atoms with Crippen molar-refractivity contribution >= 4 is 11.6 Å². The highest BCUT2D eigenvalue weighted by Gasteiger charge is 2.19. The first-order chi connectivity index (χ1) is 11.7. The molecule has 0 radical (unpaired) electrons. The Bertz CT molecular complexity index is 912. The van der Waals surface area contributed by atoms with Crippen molar-refractivity contribution in [1.82, 2.24) is 9.97 Å². The molecule has 0 saturated heterocycles. The van der Waals surface area contributed by atoms with Crippen molar-refractivity contribution in [2.24, 2.45) is 0 Å². The molecule has 0 bridgehead atoms. The van der Waals surface area contributed by atoms with Gasteiger partial charge in [0.2, 0.25) is 0 Å². The Morgan fingerprint density at radius 1 is 0.958 bits per heavy atom. The number of pyridine rings is 2. The average Bonchev–Trinajstić information content (AvgIpc) is 2.61. The number of hydrogen-bond donors (Lipinski definition) is 0. The molecule has 0 N–H and O–H groups in total. The van der Waals surface area contributed by atoms with E-state index in [1.165, 1.54) is 0 Å². The van der Waals surface area contributed by atoms with Gasteiger partial charge in [-0.05, 0) is 30.7 Å². The SMILES string of the molecule is Cc1ccc(-c2cncc(-c3ccnc4c3OCCO4)c2)c(Cl)c1. The van der Waals surface area contributed by atoms with Gasteiger partial charge in [0.05, 0.1) is 0 Å². The van der Waals surface area contributed by atoms with Crippen molar-refractivity contribution in [2.75, 3.05) is 13.2 Å². The first-order valence-electron chi connectivity index (χ1n) is 7.69. The number of rotatable bonds is 2. The predicted octanol–water partition coefficient (Wildman–Crippen LogP) is 4.54. The van der Waals surface area contributed by atoms with E-state index in [1.807, 2.05) is 37.4 Å². The van der Waals surface area contributed by atoms with Crippen LogP contribution in [0.1, 0.15) is 5.56 Å². The minimum absolute atomic E-state index is 0.515. The quantitative estimate of drug-likeness (QED) is 0.688. The van der Waals surface area contributed by atoms with Crippen molar-refractivity contribution in [3.8, 4) is 33.9 Å². The van der Waals surface area contributed by atoms with Crippen molar-refractivity contribution in [2.45, 2.75) is 6.92 Å². The zero-order chi connectivity index (χ0) is 16.5. The second-order valence-corrected chi connectivity index (χ2v) is 6.04. The molecule has 4 rings (SSSR count). The van der Waals surface area contributed by atoms with Gasteiger partial charge in [0.1, 0.15) is 13.2 Å². The van der Waals surface area contributed by atoms with E-state index >= 15 is 0 Å². The molecule has 4 nitrogen and oxygen atoms in total. The summed E-state index contributed by atoms with van der Waals surface area (Å²) in [5.41, 5.74) is 4.89. The third-order valence-corrected chi connectivity index (χ3v) is 4.24. The fourth-order valence-corrected chi connectivity index (χ4v) is 3.11. The summed E-state index contributed by atoms with van der Waals surface area (Å²) >= 11 is 6.40.